The van der Waals surface area contributed by atoms with Crippen LogP contribution in [0.15, 0.2) is 0 Å². The van der Waals surface area contributed by atoms with E-state index in [4.69, 9.17) is 5.11 Å². The molecule has 1 aliphatic rings. The van der Waals surface area contributed by atoms with Gasteiger partial charge >= 0.3 is 5.97 Å². The molecule has 1 fully saturated rings. The van der Waals surface area contributed by atoms with Crippen LogP contribution >= 0.6 is 22.6 Å². The summed E-state index contributed by atoms with van der Waals surface area (Å²) in [6.45, 7) is 0.829. The highest BCUT2D eigenvalue weighted by atomic mass is 127. The molecule has 0 aliphatic carbocycles. The summed E-state index contributed by atoms with van der Waals surface area (Å²) >= 11 is 1.94. The fourth-order valence-electron chi connectivity index (χ4n) is 0.889. The summed E-state index contributed by atoms with van der Waals surface area (Å²) in [5, 5.41) is 11.5. The van der Waals surface area contributed by atoms with Gasteiger partial charge in [-0.3, -0.25) is 5.32 Å². The maximum absolute atomic E-state index is 10.5. The molecule has 0 aromatic carbocycles. The summed E-state index contributed by atoms with van der Waals surface area (Å²) in [7, 11) is 0. The zero-order valence-corrected chi connectivity index (χ0v) is 7.01. The van der Waals surface area contributed by atoms with Crippen LogP contribution in [0.2, 0.25) is 0 Å². The van der Waals surface area contributed by atoms with Gasteiger partial charge in [0.15, 0.2) is 3.55 Å². The van der Waals surface area contributed by atoms with E-state index < -0.39 is 9.51 Å². The second kappa shape index (κ2) is 2.42. The molecular weight excluding hydrogens is 233 g/mol. The number of carboxylic acids is 1. The van der Waals surface area contributed by atoms with Crippen molar-refractivity contribution in [1.29, 1.82) is 0 Å². The van der Waals surface area contributed by atoms with Gasteiger partial charge in [-0.2, -0.15) is 0 Å². The van der Waals surface area contributed by atoms with E-state index in [9.17, 15) is 4.79 Å². The molecule has 0 radical (unpaired) electrons. The molecule has 9 heavy (non-hydrogen) atoms. The Balaban J connectivity index is 2.61. The first-order chi connectivity index (χ1) is 4.15. The molecular formula is C5H8INO2. The lowest BCUT2D eigenvalue weighted by Gasteiger charge is -2.14. The summed E-state index contributed by atoms with van der Waals surface area (Å²) in [4.78, 5) is 10.5. The van der Waals surface area contributed by atoms with Crippen LogP contribution in [0.4, 0.5) is 0 Å². The molecule has 1 atom stereocenters. The maximum atomic E-state index is 10.5. The zero-order chi connectivity index (χ0) is 6.91. The molecule has 0 bridgehead atoms. The van der Waals surface area contributed by atoms with Crippen LogP contribution in [-0.2, 0) is 4.79 Å². The number of carbonyl (C=O) groups is 1. The second-order valence-corrected chi connectivity index (χ2v) is 3.98. The number of hydrogen-bond donors (Lipinski definition) is 2. The number of halogens is 1. The summed E-state index contributed by atoms with van der Waals surface area (Å²) in [6, 6.07) is 0. The molecule has 3 nitrogen and oxygen atoms in total. The van der Waals surface area contributed by atoms with Gasteiger partial charge in [0.05, 0.1) is 0 Å². The maximum Gasteiger partial charge on any atom is 0.334 e. The van der Waals surface area contributed by atoms with Crippen molar-refractivity contribution in [2.75, 3.05) is 6.54 Å². The molecule has 1 saturated heterocycles. The SMILES string of the molecule is O=C(O)[C@]1(I)CCCN1. The van der Waals surface area contributed by atoms with Crippen molar-refractivity contribution < 1.29 is 9.90 Å². The number of carboxylic acid groups (broad SMARTS) is 1. The largest absolute Gasteiger partial charge is 0.479 e. The Morgan fingerprint density at radius 1 is 1.78 bits per heavy atom. The van der Waals surface area contributed by atoms with E-state index in [2.05, 4.69) is 5.32 Å². The molecule has 1 aliphatic heterocycles. The van der Waals surface area contributed by atoms with Crippen molar-refractivity contribution in [2.45, 2.75) is 16.4 Å². The van der Waals surface area contributed by atoms with E-state index in [0.29, 0.717) is 0 Å². The Hall–Kier alpha value is 0.160. The number of alkyl halides is 1. The summed E-state index contributed by atoms with van der Waals surface area (Å²) in [6.07, 6.45) is 1.71. The van der Waals surface area contributed by atoms with Gasteiger partial charge in [0.1, 0.15) is 0 Å². The first kappa shape index (κ1) is 7.27. The highest BCUT2D eigenvalue weighted by Crippen LogP contribution is 2.26. The van der Waals surface area contributed by atoms with Crippen molar-refractivity contribution >= 4 is 28.6 Å². The highest BCUT2D eigenvalue weighted by molar-refractivity contribution is 14.1. The van der Waals surface area contributed by atoms with E-state index in [1.807, 2.05) is 22.6 Å². The Labute approximate surface area is 67.0 Å². The van der Waals surface area contributed by atoms with Crippen molar-refractivity contribution in [3.63, 3.8) is 0 Å². The second-order valence-electron chi connectivity index (χ2n) is 2.14. The zero-order valence-electron chi connectivity index (χ0n) is 4.85. The Kier molecular flexibility index (Phi) is 1.95. The summed E-state index contributed by atoms with van der Waals surface area (Å²) < 4.78 is -0.669. The molecule has 0 aromatic rings. The third kappa shape index (κ3) is 1.35. The summed E-state index contributed by atoms with van der Waals surface area (Å²) in [5.74, 6) is -0.749. The van der Waals surface area contributed by atoms with Gasteiger partial charge in [0.2, 0.25) is 0 Å². The highest BCUT2D eigenvalue weighted by Gasteiger charge is 2.37. The minimum absolute atomic E-state index is 0.669. The Morgan fingerprint density at radius 2 is 2.44 bits per heavy atom. The fourth-order valence-corrected chi connectivity index (χ4v) is 1.54. The topological polar surface area (TPSA) is 49.3 Å². The molecule has 0 amide bonds. The first-order valence-electron chi connectivity index (χ1n) is 2.82. The smallest absolute Gasteiger partial charge is 0.334 e. The summed E-state index contributed by atoms with van der Waals surface area (Å²) in [5.41, 5.74) is 0. The van der Waals surface area contributed by atoms with E-state index in [1.54, 1.807) is 0 Å². The van der Waals surface area contributed by atoms with E-state index in [-0.39, 0.29) is 0 Å². The van der Waals surface area contributed by atoms with Gasteiger partial charge in [-0.25, -0.2) is 4.79 Å². The van der Waals surface area contributed by atoms with Crippen LogP contribution in [0.5, 0.6) is 0 Å². The average Bonchev–Trinajstić information content (AvgIpc) is 2.16. The number of rotatable bonds is 1. The van der Waals surface area contributed by atoms with Crippen molar-refractivity contribution in [2.24, 2.45) is 0 Å². The molecule has 0 saturated carbocycles. The Morgan fingerprint density at radius 3 is 2.67 bits per heavy atom. The van der Waals surface area contributed by atoms with Crippen LogP contribution in [0, 0.1) is 0 Å². The van der Waals surface area contributed by atoms with Crippen LogP contribution < -0.4 is 5.32 Å². The lowest BCUT2D eigenvalue weighted by Crippen LogP contribution is -2.40. The molecule has 52 valence electrons. The number of nitrogens with one attached hydrogen (secondary N) is 1. The standard InChI is InChI=1S/C5H8INO2/c6-5(4(8)9)2-1-3-7-5/h7H,1-3H2,(H,8,9)/t5-/m0/s1. The molecule has 1 rings (SSSR count). The van der Waals surface area contributed by atoms with Crippen LogP contribution in [0.25, 0.3) is 0 Å². The lowest BCUT2D eigenvalue weighted by atomic mass is 10.2. The molecule has 0 aromatic heterocycles. The molecule has 4 heteroatoms. The number of aliphatic carboxylic acids is 1. The average molecular weight is 241 g/mol. The first-order valence-corrected chi connectivity index (χ1v) is 3.90. The molecule has 2 N–H and O–H groups in total. The monoisotopic (exact) mass is 241 g/mol. The molecule has 1 heterocycles. The quantitative estimate of drug-likeness (QED) is 0.401. The van der Waals surface area contributed by atoms with Crippen LogP contribution in [0.1, 0.15) is 12.8 Å². The van der Waals surface area contributed by atoms with Gasteiger partial charge in [0, 0.05) is 0 Å². The predicted octanol–water partition coefficient (Wildman–Crippen LogP) is 0.586. The third-order valence-corrected chi connectivity index (χ3v) is 2.82. The molecule has 0 spiro atoms. The van der Waals surface area contributed by atoms with Crippen molar-refractivity contribution in [1.82, 2.24) is 5.32 Å². The van der Waals surface area contributed by atoms with Gasteiger partial charge in [-0.1, -0.05) is 0 Å². The molecule has 0 unspecified atom stereocenters. The van der Waals surface area contributed by atoms with Crippen molar-refractivity contribution in [3.8, 4) is 0 Å². The normalized spacial score (nSPS) is 34.8. The van der Waals surface area contributed by atoms with Gasteiger partial charge in [-0.05, 0) is 42.0 Å². The lowest BCUT2D eigenvalue weighted by molar-refractivity contribution is -0.139. The minimum atomic E-state index is -0.749. The van der Waals surface area contributed by atoms with Gasteiger partial charge in [-0.15, -0.1) is 0 Å². The minimum Gasteiger partial charge on any atom is -0.479 e. The predicted molar refractivity (Wildman–Crippen MR) is 41.6 cm³/mol. The van der Waals surface area contributed by atoms with Crippen LogP contribution in [-0.4, -0.2) is 21.2 Å². The van der Waals surface area contributed by atoms with Gasteiger partial charge < -0.3 is 5.11 Å². The fraction of sp³-hybridized carbons (Fsp3) is 0.800. The van der Waals surface area contributed by atoms with E-state index in [0.717, 1.165) is 19.4 Å². The van der Waals surface area contributed by atoms with Gasteiger partial charge in [0.25, 0.3) is 0 Å². The van der Waals surface area contributed by atoms with E-state index >= 15 is 0 Å². The Bertz CT molecular complexity index is 131. The van der Waals surface area contributed by atoms with Crippen LogP contribution in [0.3, 0.4) is 0 Å². The number of hydrogen-bond acceptors (Lipinski definition) is 2. The van der Waals surface area contributed by atoms with Crippen molar-refractivity contribution in [3.05, 3.63) is 0 Å². The van der Waals surface area contributed by atoms with E-state index in [1.165, 1.54) is 0 Å². The third-order valence-electron chi connectivity index (χ3n) is 1.44.